The molecule has 3 aromatic rings. The molecular formula is C22H21N3O4. The number of esters is 1. The van der Waals surface area contributed by atoms with E-state index in [0.29, 0.717) is 11.3 Å². The number of nitrogens with one attached hydrogen (secondary N) is 1. The summed E-state index contributed by atoms with van der Waals surface area (Å²) in [5, 5.41) is 6.93. The van der Waals surface area contributed by atoms with Gasteiger partial charge in [-0.1, -0.05) is 48.5 Å². The van der Waals surface area contributed by atoms with Crippen LogP contribution in [0.2, 0.25) is 0 Å². The van der Waals surface area contributed by atoms with Crippen molar-refractivity contribution in [2.45, 2.75) is 19.8 Å². The molecule has 0 unspecified atom stereocenters. The molecule has 7 nitrogen and oxygen atoms in total. The summed E-state index contributed by atoms with van der Waals surface area (Å²) in [4.78, 5) is 37.0. The number of benzene rings is 2. The first kappa shape index (κ1) is 20.0. The quantitative estimate of drug-likeness (QED) is 0.468. The first-order valence-electron chi connectivity index (χ1n) is 9.28. The molecule has 0 spiro atoms. The van der Waals surface area contributed by atoms with Gasteiger partial charge in [0.05, 0.1) is 18.5 Å². The summed E-state index contributed by atoms with van der Waals surface area (Å²) in [5.74, 6) is -0.877. The van der Waals surface area contributed by atoms with Gasteiger partial charge in [0.1, 0.15) is 5.56 Å². The van der Waals surface area contributed by atoms with Gasteiger partial charge in [-0.3, -0.25) is 9.59 Å². The zero-order chi connectivity index (χ0) is 20.6. The molecule has 0 saturated heterocycles. The fourth-order valence-corrected chi connectivity index (χ4v) is 2.78. The molecule has 0 bridgehead atoms. The van der Waals surface area contributed by atoms with Crippen molar-refractivity contribution in [3.8, 4) is 5.69 Å². The van der Waals surface area contributed by atoms with E-state index in [1.165, 1.54) is 10.9 Å². The summed E-state index contributed by atoms with van der Waals surface area (Å²) in [6.45, 7) is 1.90. The number of aromatic nitrogens is 2. The third-order valence-electron chi connectivity index (χ3n) is 4.20. The van der Waals surface area contributed by atoms with Crippen molar-refractivity contribution in [1.29, 1.82) is 0 Å². The Balaban J connectivity index is 1.77. The largest absolute Gasteiger partial charge is 0.462 e. The van der Waals surface area contributed by atoms with Crippen LogP contribution in [0.3, 0.4) is 0 Å². The normalized spacial score (nSPS) is 10.4. The molecule has 0 atom stereocenters. The number of hydrogen-bond donors (Lipinski definition) is 1. The highest BCUT2D eigenvalue weighted by molar-refractivity contribution is 6.03. The van der Waals surface area contributed by atoms with Gasteiger partial charge in [-0.25, -0.2) is 9.48 Å². The van der Waals surface area contributed by atoms with Gasteiger partial charge in [0, 0.05) is 18.4 Å². The molecule has 7 heteroatoms. The van der Waals surface area contributed by atoms with Crippen LogP contribution in [0.25, 0.3) is 5.69 Å². The van der Waals surface area contributed by atoms with E-state index in [2.05, 4.69) is 10.4 Å². The topological polar surface area (TPSA) is 90.3 Å². The number of ketones is 1. The molecular weight excluding hydrogens is 370 g/mol. The van der Waals surface area contributed by atoms with Crippen LogP contribution >= 0.6 is 0 Å². The highest BCUT2D eigenvalue weighted by Gasteiger charge is 2.21. The molecule has 0 aliphatic heterocycles. The van der Waals surface area contributed by atoms with Crippen molar-refractivity contribution in [1.82, 2.24) is 9.78 Å². The summed E-state index contributed by atoms with van der Waals surface area (Å²) in [6.07, 6.45) is 1.40. The Kier molecular flexibility index (Phi) is 6.52. The minimum absolute atomic E-state index is 0.0179. The molecule has 0 aliphatic carbocycles. The van der Waals surface area contributed by atoms with Crippen molar-refractivity contribution in [3.63, 3.8) is 0 Å². The zero-order valence-electron chi connectivity index (χ0n) is 16.0. The van der Waals surface area contributed by atoms with Crippen molar-refractivity contribution in [3.05, 3.63) is 78.0 Å². The minimum atomic E-state index is -0.578. The maximum Gasteiger partial charge on any atom is 0.343 e. The predicted octanol–water partition coefficient (Wildman–Crippen LogP) is 3.65. The van der Waals surface area contributed by atoms with Crippen molar-refractivity contribution < 1.29 is 19.1 Å². The van der Waals surface area contributed by atoms with Crippen LogP contribution in [0.5, 0.6) is 0 Å². The third kappa shape index (κ3) is 4.95. The Morgan fingerprint density at radius 2 is 1.62 bits per heavy atom. The second-order valence-corrected chi connectivity index (χ2v) is 6.21. The molecule has 29 heavy (non-hydrogen) atoms. The van der Waals surface area contributed by atoms with Gasteiger partial charge in [0.15, 0.2) is 11.6 Å². The number of para-hydroxylation sites is 1. The highest BCUT2D eigenvalue weighted by atomic mass is 16.5. The van der Waals surface area contributed by atoms with Gasteiger partial charge < -0.3 is 10.1 Å². The number of carbonyl (C=O) groups is 3. The first-order valence-corrected chi connectivity index (χ1v) is 9.28. The number of Topliss-reactive ketones (excluding diaryl/α,β-unsaturated/α-hetero) is 1. The van der Waals surface area contributed by atoms with E-state index in [1.807, 2.05) is 24.3 Å². The zero-order valence-corrected chi connectivity index (χ0v) is 16.0. The van der Waals surface area contributed by atoms with Crippen LogP contribution in [0.15, 0.2) is 66.9 Å². The number of nitrogens with zero attached hydrogens (tertiary/aromatic N) is 2. The Labute approximate surface area is 168 Å². The standard InChI is InChI=1S/C22H21N3O4/c1-2-29-22(28)18-15-23-25(17-11-7-4-8-12-17)21(18)24-20(27)14-13-19(26)16-9-5-3-6-10-16/h3-12,15H,2,13-14H2,1H3,(H,24,27). The van der Waals surface area contributed by atoms with E-state index < -0.39 is 11.9 Å². The third-order valence-corrected chi connectivity index (χ3v) is 4.20. The van der Waals surface area contributed by atoms with Crippen molar-refractivity contribution in [2.24, 2.45) is 0 Å². The Morgan fingerprint density at radius 3 is 2.28 bits per heavy atom. The van der Waals surface area contributed by atoms with Crippen LogP contribution in [-0.2, 0) is 9.53 Å². The van der Waals surface area contributed by atoms with Gasteiger partial charge in [-0.05, 0) is 19.1 Å². The molecule has 1 aromatic heterocycles. The molecule has 0 saturated carbocycles. The Morgan fingerprint density at radius 1 is 0.966 bits per heavy atom. The maximum absolute atomic E-state index is 12.5. The van der Waals surface area contributed by atoms with Crippen molar-refractivity contribution >= 4 is 23.5 Å². The Bertz CT molecular complexity index is 997. The van der Waals surface area contributed by atoms with Gasteiger partial charge >= 0.3 is 5.97 Å². The predicted molar refractivity (Wildman–Crippen MR) is 108 cm³/mol. The molecule has 0 radical (unpaired) electrons. The van der Waals surface area contributed by atoms with Gasteiger partial charge in [0.2, 0.25) is 5.91 Å². The second-order valence-electron chi connectivity index (χ2n) is 6.21. The van der Waals surface area contributed by atoms with Crippen molar-refractivity contribution in [2.75, 3.05) is 11.9 Å². The molecule has 3 rings (SSSR count). The second kappa shape index (κ2) is 9.45. The van der Waals surface area contributed by atoms with Gasteiger partial charge in [0.25, 0.3) is 0 Å². The lowest BCUT2D eigenvalue weighted by atomic mass is 10.1. The molecule has 1 N–H and O–H groups in total. The van der Waals surface area contributed by atoms with E-state index in [9.17, 15) is 14.4 Å². The summed E-state index contributed by atoms with van der Waals surface area (Å²) in [7, 11) is 0. The molecule has 148 valence electrons. The average molecular weight is 391 g/mol. The Hall–Kier alpha value is -3.74. The minimum Gasteiger partial charge on any atom is -0.462 e. The lowest BCUT2D eigenvalue weighted by molar-refractivity contribution is -0.116. The SMILES string of the molecule is CCOC(=O)c1cnn(-c2ccccc2)c1NC(=O)CCC(=O)c1ccccc1. The number of anilines is 1. The molecule has 1 heterocycles. The lowest BCUT2D eigenvalue weighted by Crippen LogP contribution is -2.18. The van der Waals surface area contributed by atoms with Gasteiger partial charge in [-0.15, -0.1) is 0 Å². The van der Waals surface area contributed by atoms with Crippen LogP contribution < -0.4 is 5.32 Å². The fourth-order valence-electron chi connectivity index (χ4n) is 2.78. The van der Waals surface area contributed by atoms with Crippen LogP contribution in [0, 0.1) is 0 Å². The average Bonchev–Trinajstić information content (AvgIpc) is 3.17. The number of carbonyl (C=O) groups excluding carboxylic acids is 3. The molecule has 0 fully saturated rings. The molecule has 0 aliphatic rings. The van der Waals surface area contributed by atoms with Crippen LogP contribution in [0.4, 0.5) is 5.82 Å². The summed E-state index contributed by atoms with van der Waals surface area (Å²) in [5.41, 5.74) is 1.39. The summed E-state index contributed by atoms with van der Waals surface area (Å²) in [6, 6.07) is 17.9. The number of amides is 1. The maximum atomic E-state index is 12.5. The highest BCUT2D eigenvalue weighted by Crippen LogP contribution is 2.21. The van der Waals surface area contributed by atoms with Crippen LogP contribution in [0.1, 0.15) is 40.5 Å². The number of rotatable bonds is 8. The van der Waals surface area contributed by atoms with E-state index in [0.717, 1.165) is 0 Å². The van der Waals surface area contributed by atoms with E-state index in [-0.39, 0.29) is 36.6 Å². The number of hydrogen-bond acceptors (Lipinski definition) is 5. The van der Waals surface area contributed by atoms with Crippen LogP contribution in [-0.4, -0.2) is 34.0 Å². The monoisotopic (exact) mass is 391 g/mol. The molecule has 1 amide bonds. The first-order chi connectivity index (χ1) is 14.1. The van der Waals surface area contributed by atoms with E-state index in [1.54, 1.807) is 43.3 Å². The fraction of sp³-hybridized carbons (Fsp3) is 0.182. The lowest BCUT2D eigenvalue weighted by Gasteiger charge is -2.11. The van der Waals surface area contributed by atoms with E-state index >= 15 is 0 Å². The van der Waals surface area contributed by atoms with Gasteiger partial charge in [-0.2, -0.15) is 5.10 Å². The smallest absolute Gasteiger partial charge is 0.343 e. The van der Waals surface area contributed by atoms with E-state index in [4.69, 9.17) is 4.74 Å². The summed E-state index contributed by atoms with van der Waals surface area (Å²) >= 11 is 0. The molecule has 2 aromatic carbocycles. The summed E-state index contributed by atoms with van der Waals surface area (Å²) < 4.78 is 6.52. The number of ether oxygens (including phenoxy) is 1.